The molecule has 0 bridgehead atoms. The van der Waals surface area contributed by atoms with E-state index in [2.05, 4.69) is 16.9 Å². The standard InChI is InChI=1S/C23H33ClF3N3O2/c1-2-3-4-5-6-7-8-9-10-11-12-13-14-15-20(31)32-30-19-16-18(24)17-28-21(19)29-22(30)23(25,26)27/h16-17H,2-15H2,1H3. The van der Waals surface area contributed by atoms with Crippen molar-refractivity contribution >= 4 is 28.7 Å². The molecule has 0 amide bonds. The van der Waals surface area contributed by atoms with E-state index in [1.165, 1.54) is 70.1 Å². The minimum Gasteiger partial charge on any atom is -0.334 e. The highest BCUT2D eigenvalue weighted by atomic mass is 35.5. The summed E-state index contributed by atoms with van der Waals surface area (Å²) in [6, 6.07) is 1.24. The number of hydrogen-bond acceptors (Lipinski definition) is 4. The number of pyridine rings is 1. The predicted molar refractivity (Wildman–Crippen MR) is 119 cm³/mol. The Labute approximate surface area is 192 Å². The number of rotatable bonds is 15. The van der Waals surface area contributed by atoms with Crippen LogP contribution in [-0.2, 0) is 11.0 Å². The Hall–Kier alpha value is -1.83. The fourth-order valence-electron chi connectivity index (χ4n) is 3.62. The first kappa shape index (κ1) is 26.4. The molecule has 2 aromatic heterocycles. The Morgan fingerprint density at radius 2 is 1.50 bits per heavy atom. The van der Waals surface area contributed by atoms with Crippen LogP contribution in [0.4, 0.5) is 13.2 Å². The second-order valence-corrected chi connectivity index (χ2v) is 8.62. The van der Waals surface area contributed by atoms with Crippen LogP contribution in [0.1, 0.15) is 103 Å². The predicted octanol–water partition coefficient (Wildman–Crippen LogP) is 7.54. The van der Waals surface area contributed by atoms with Crippen LogP contribution in [0.2, 0.25) is 5.02 Å². The van der Waals surface area contributed by atoms with Crippen LogP contribution in [-0.4, -0.2) is 20.7 Å². The van der Waals surface area contributed by atoms with Gasteiger partial charge in [-0.3, -0.25) is 0 Å². The molecule has 2 rings (SSSR count). The lowest BCUT2D eigenvalue weighted by atomic mass is 10.0. The van der Waals surface area contributed by atoms with Gasteiger partial charge in [0.25, 0.3) is 5.82 Å². The van der Waals surface area contributed by atoms with E-state index >= 15 is 0 Å². The van der Waals surface area contributed by atoms with Crippen molar-refractivity contribution in [2.45, 2.75) is 103 Å². The summed E-state index contributed by atoms with van der Waals surface area (Å²) >= 11 is 5.82. The molecular formula is C23H33ClF3N3O2. The molecule has 0 unspecified atom stereocenters. The number of alkyl halides is 3. The lowest BCUT2D eigenvalue weighted by Crippen LogP contribution is -2.25. The summed E-state index contributed by atoms with van der Waals surface area (Å²) in [5, 5.41) is 0.125. The Kier molecular flexibility index (Phi) is 11.3. The smallest absolute Gasteiger partial charge is 0.334 e. The number of aromatic nitrogens is 3. The summed E-state index contributed by atoms with van der Waals surface area (Å²) < 4.78 is 40.2. The molecule has 0 radical (unpaired) electrons. The summed E-state index contributed by atoms with van der Waals surface area (Å²) in [4.78, 5) is 24.3. The molecule has 0 saturated heterocycles. The van der Waals surface area contributed by atoms with Crippen LogP contribution >= 0.6 is 11.6 Å². The monoisotopic (exact) mass is 475 g/mol. The topological polar surface area (TPSA) is 57.0 Å². The zero-order valence-electron chi connectivity index (χ0n) is 18.7. The molecule has 0 aliphatic rings. The van der Waals surface area contributed by atoms with Crippen molar-refractivity contribution < 1.29 is 22.8 Å². The minimum atomic E-state index is -4.79. The van der Waals surface area contributed by atoms with E-state index in [0.717, 1.165) is 19.3 Å². The summed E-state index contributed by atoms with van der Waals surface area (Å²) in [6.45, 7) is 2.22. The van der Waals surface area contributed by atoms with Gasteiger partial charge in [-0.15, -0.1) is 4.73 Å². The van der Waals surface area contributed by atoms with E-state index < -0.39 is 18.0 Å². The molecule has 0 spiro atoms. The van der Waals surface area contributed by atoms with Crippen molar-refractivity contribution in [2.24, 2.45) is 0 Å². The van der Waals surface area contributed by atoms with E-state index in [0.29, 0.717) is 11.2 Å². The number of hydrogen-bond donors (Lipinski definition) is 0. The molecule has 2 aromatic rings. The first-order valence-electron chi connectivity index (χ1n) is 11.6. The van der Waals surface area contributed by atoms with Crippen LogP contribution in [0, 0.1) is 0 Å². The Morgan fingerprint density at radius 3 is 2.03 bits per heavy atom. The quantitative estimate of drug-likeness (QED) is 0.250. The average molecular weight is 476 g/mol. The molecular weight excluding hydrogens is 443 g/mol. The highest BCUT2D eigenvalue weighted by Crippen LogP contribution is 2.31. The highest BCUT2D eigenvalue weighted by molar-refractivity contribution is 6.31. The van der Waals surface area contributed by atoms with E-state index in [4.69, 9.17) is 16.4 Å². The van der Waals surface area contributed by atoms with Crippen molar-refractivity contribution in [3.63, 3.8) is 0 Å². The van der Waals surface area contributed by atoms with E-state index in [1.807, 2.05) is 0 Å². The maximum atomic E-state index is 13.3. The Morgan fingerprint density at radius 1 is 0.969 bits per heavy atom. The van der Waals surface area contributed by atoms with E-state index in [-0.39, 0.29) is 22.6 Å². The molecule has 0 aromatic carbocycles. The molecule has 9 heteroatoms. The molecule has 2 heterocycles. The molecule has 0 aliphatic heterocycles. The summed E-state index contributed by atoms with van der Waals surface area (Å²) in [5.74, 6) is -2.07. The number of carbonyl (C=O) groups excluding carboxylic acids is 1. The van der Waals surface area contributed by atoms with Crippen molar-refractivity contribution in [3.05, 3.63) is 23.1 Å². The van der Waals surface area contributed by atoms with Gasteiger partial charge in [-0.05, 0) is 12.5 Å². The number of fused-ring (bicyclic) bond motifs is 1. The van der Waals surface area contributed by atoms with Gasteiger partial charge in [0.15, 0.2) is 5.65 Å². The number of carbonyl (C=O) groups is 1. The molecule has 32 heavy (non-hydrogen) atoms. The summed E-state index contributed by atoms with van der Waals surface area (Å²) in [6.07, 6.45) is 11.6. The van der Waals surface area contributed by atoms with Gasteiger partial charge in [0.05, 0.1) is 5.02 Å². The third-order valence-corrected chi connectivity index (χ3v) is 5.57. The lowest BCUT2D eigenvalue weighted by molar-refractivity contribution is -0.162. The first-order chi connectivity index (χ1) is 15.3. The zero-order chi connectivity index (χ0) is 23.4. The molecule has 5 nitrogen and oxygen atoms in total. The Bertz CT molecular complexity index is 840. The molecule has 0 fully saturated rings. The third-order valence-electron chi connectivity index (χ3n) is 5.37. The SMILES string of the molecule is CCCCCCCCCCCCCCCC(=O)On1c(C(F)(F)F)nc2ncc(Cl)cc21. The van der Waals surface area contributed by atoms with Crippen LogP contribution in [0.5, 0.6) is 0 Å². The maximum absolute atomic E-state index is 13.3. The summed E-state index contributed by atoms with van der Waals surface area (Å²) in [5.41, 5.74) is -0.279. The fraction of sp³-hybridized carbons (Fsp3) is 0.696. The van der Waals surface area contributed by atoms with Crippen molar-refractivity contribution in [1.29, 1.82) is 0 Å². The van der Waals surface area contributed by atoms with Gasteiger partial charge >= 0.3 is 12.1 Å². The molecule has 0 aliphatic carbocycles. The normalized spacial score (nSPS) is 11.9. The van der Waals surface area contributed by atoms with Crippen molar-refractivity contribution in [2.75, 3.05) is 0 Å². The van der Waals surface area contributed by atoms with Crippen molar-refractivity contribution in [3.8, 4) is 0 Å². The third kappa shape index (κ3) is 8.96. The summed E-state index contributed by atoms with van der Waals surface area (Å²) in [7, 11) is 0. The molecule has 0 saturated carbocycles. The molecule has 0 N–H and O–H groups in total. The zero-order valence-corrected chi connectivity index (χ0v) is 19.5. The number of imidazole rings is 1. The highest BCUT2D eigenvalue weighted by Gasteiger charge is 2.39. The van der Waals surface area contributed by atoms with Gasteiger partial charge in [0, 0.05) is 12.6 Å². The number of halogens is 4. The van der Waals surface area contributed by atoms with Crippen molar-refractivity contribution in [1.82, 2.24) is 14.7 Å². The lowest BCUT2D eigenvalue weighted by Gasteiger charge is -2.10. The number of unbranched alkanes of at least 4 members (excludes halogenated alkanes) is 12. The van der Waals surface area contributed by atoms with Crippen LogP contribution in [0.15, 0.2) is 12.3 Å². The maximum Gasteiger partial charge on any atom is 0.453 e. The molecule has 0 atom stereocenters. The second-order valence-electron chi connectivity index (χ2n) is 8.18. The van der Waals surface area contributed by atoms with Gasteiger partial charge < -0.3 is 4.84 Å². The van der Waals surface area contributed by atoms with Crippen LogP contribution in [0.25, 0.3) is 11.2 Å². The van der Waals surface area contributed by atoms with Gasteiger partial charge in [-0.25, -0.2) is 14.8 Å². The van der Waals surface area contributed by atoms with E-state index in [9.17, 15) is 18.0 Å². The largest absolute Gasteiger partial charge is 0.453 e. The van der Waals surface area contributed by atoms with Gasteiger partial charge in [-0.2, -0.15) is 13.2 Å². The van der Waals surface area contributed by atoms with Gasteiger partial charge in [0.1, 0.15) is 5.52 Å². The van der Waals surface area contributed by atoms with Gasteiger partial charge in [0.2, 0.25) is 0 Å². The first-order valence-corrected chi connectivity index (χ1v) is 12.0. The minimum absolute atomic E-state index is 0.0444. The number of nitrogens with zero attached hydrogens (tertiary/aromatic N) is 3. The van der Waals surface area contributed by atoms with E-state index in [1.54, 1.807) is 0 Å². The van der Waals surface area contributed by atoms with Crippen LogP contribution in [0.3, 0.4) is 0 Å². The fourth-order valence-corrected chi connectivity index (χ4v) is 3.77. The second kappa shape index (κ2) is 13.7. The Balaban J connectivity index is 1.66. The van der Waals surface area contributed by atoms with Crippen LogP contribution < -0.4 is 4.84 Å². The average Bonchev–Trinajstić information content (AvgIpc) is 3.09. The molecule has 180 valence electrons. The van der Waals surface area contributed by atoms with Gasteiger partial charge in [-0.1, -0.05) is 95.6 Å².